The summed E-state index contributed by atoms with van der Waals surface area (Å²) in [6.07, 6.45) is 10.2. The third-order valence-corrected chi connectivity index (χ3v) is 3.86. The molecule has 1 aliphatic rings. The fourth-order valence-corrected chi connectivity index (χ4v) is 2.72. The highest BCUT2D eigenvalue weighted by Crippen LogP contribution is 2.24. The first-order valence-corrected chi connectivity index (χ1v) is 6.41. The van der Waals surface area contributed by atoms with Crippen molar-refractivity contribution in [3.05, 3.63) is 28.7 Å². The van der Waals surface area contributed by atoms with Crippen molar-refractivity contribution in [3.8, 4) is 0 Å². The molecule has 3 heteroatoms. The van der Waals surface area contributed by atoms with E-state index in [0.717, 1.165) is 0 Å². The van der Waals surface area contributed by atoms with Crippen molar-refractivity contribution in [2.24, 2.45) is 0 Å². The molecule has 1 N–H and O–H groups in total. The molecular weight excluding hydrogens is 204 g/mol. The van der Waals surface area contributed by atoms with Crippen LogP contribution in [0.1, 0.15) is 38.1 Å². The summed E-state index contributed by atoms with van der Waals surface area (Å²) in [6, 6.07) is 0.512. The zero-order chi connectivity index (χ0) is 10.7. The molecule has 0 fully saturated rings. The number of allylic oxidation sites excluding steroid dienone is 1. The number of thiazole rings is 1. The van der Waals surface area contributed by atoms with Crippen LogP contribution >= 0.6 is 11.3 Å². The number of nitrogens with one attached hydrogen (secondary N) is 1. The molecule has 0 saturated carbocycles. The molecule has 0 amide bonds. The molecule has 0 spiro atoms. The molecule has 1 aromatic rings. The molecule has 1 unspecified atom stereocenters. The molecule has 1 aromatic heterocycles. The summed E-state index contributed by atoms with van der Waals surface area (Å²) in [5, 5.41) is 6.86. The summed E-state index contributed by atoms with van der Waals surface area (Å²) in [6.45, 7) is 4.41. The van der Waals surface area contributed by atoms with Crippen LogP contribution in [0.25, 0.3) is 0 Å². The van der Waals surface area contributed by atoms with Crippen LogP contribution in [0.2, 0.25) is 0 Å². The van der Waals surface area contributed by atoms with Gasteiger partial charge in [0, 0.05) is 17.6 Å². The minimum Gasteiger partial charge on any atom is -0.300 e. The lowest BCUT2D eigenvalue weighted by molar-refractivity contribution is 0.351. The van der Waals surface area contributed by atoms with E-state index in [4.69, 9.17) is 0 Å². The van der Waals surface area contributed by atoms with Crippen molar-refractivity contribution < 1.29 is 0 Å². The highest BCUT2D eigenvalue weighted by molar-refractivity contribution is 7.09. The summed E-state index contributed by atoms with van der Waals surface area (Å²) in [5.41, 5.74) is -0.0134. The van der Waals surface area contributed by atoms with Gasteiger partial charge in [-0.25, -0.2) is 4.98 Å². The van der Waals surface area contributed by atoms with E-state index in [1.807, 2.05) is 11.6 Å². The van der Waals surface area contributed by atoms with Crippen LogP contribution in [-0.2, 0) is 5.54 Å². The van der Waals surface area contributed by atoms with E-state index in [1.165, 1.54) is 24.3 Å². The van der Waals surface area contributed by atoms with Crippen LogP contribution in [0.3, 0.4) is 0 Å². The zero-order valence-electron chi connectivity index (χ0n) is 9.36. The van der Waals surface area contributed by atoms with Gasteiger partial charge in [0.25, 0.3) is 0 Å². The van der Waals surface area contributed by atoms with E-state index < -0.39 is 0 Å². The van der Waals surface area contributed by atoms with Crippen LogP contribution in [0, 0.1) is 0 Å². The summed E-state index contributed by atoms with van der Waals surface area (Å²) < 4.78 is 0. The highest BCUT2D eigenvalue weighted by Gasteiger charge is 2.25. The Kier molecular flexibility index (Phi) is 3.22. The van der Waals surface area contributed by atoms with E-state index in [9.17, 15) is 0 Å². The minimum absolute atomic E-state index is 0.0134. The van der Waals surface area contributed by atoms with Crippen molar-refractivity contribution in [2.45, 2.75) is 44.7 Å². The maximum absolute atomic E-state index is 4.39. The first-order chi connectivity index (χ1) is 7.18. The second kappa shape index (κ2) is 4.45. The Morgan fingerprint density at radius 2 is 2.40 bits per heavy atom. The fraction of sp³-hybridized carbons (Fsp3) is 0.583. The van der Waals surface area contributed by atoms with Gasteiger partial charge in [-0.2, -0.15) is 0 Å². The zero-order valence-corrected chi connectivity index (χ0v) is 10.2. The Morgan fingerprint density at radius 3 is 3.00 bits per heavy atom. The van der Waals surface area contributed by atoms with Crippen LogP contribution < -0.4 is 5.32 Å². The predicted octanol–water partition coefficient (Wildman–Crippen LogP) is 3.08. The lowest BCUT2D eigenvalue weighted by Crippen LogP contribution is -2.43. The third-order valence-electron chi connectivity index (χ3n) is 2.77. The molecule has 0 saturated heterocycles. The normalized spacial score (nSPS) is 21.9. The van der Waals surface area contributed by atoms with E-state index >= 15 is 0 Å². The first-order valence-electron chi connectivity index (χ1n) is 5.53. The highest BCUT2D eigenvalue weighted by atomic mass is 32.1. The second-order valence-electron chi connectivity index (χ2n) is 4.57. The van der Waals surface area contributed by atoms with E-state index in [0.29, 0.717) is 6.04 Å². The lowest BCUT2D eigenvalue weighted by atomic mass is 9.98. The molecular formula is C12H18N2S. The summed E-state index contributed by atoms with van der Waals surface area (Å²) in [5.74, 6) is 0. The molecule has 0 aromatic carbocycles. The van der Waals surface area contributed by atoms with Gasteiger partial charge < -0.3 is 0 Å². The van der Waals surface area contributed by atoms with Crippen molar-refractivity contribution in [2.75, 3.05) is 0 Å². The molecule has 1 aliphatic carbocycles. The third kappa shape index (κ3) is 2.67. The summed E-state index contributed by atoms with van der Waals surface area (Å²) in [4.78, 5) is 4.39. The van der Waals surface area contributed by atoms with Crippen LogP contribution in [0.4, 0.5) is 0 Å². The average Bonchev–Trinajstić information content (AvgIpc) is 2.71. The van der Waals surface area contributed by atoms with E-state index in [2.05, 4.69) is 36.3 Å². The van der Waals surface area contributed by atoms with E-state index in [-0.39, 0.29) is 5.54 Å². The number of aromatic nitrogens is 1. The van der Waals surface area contributed by atoms with Gasteiger partial charge in [0.05, 0.1) is 5.54 Å². The Hall–Kier alpha value is -0.670. The number of nitrogens with zero attached hydrogens (tertiary/aromatic N) is 1. The monoisotopic (exact) mass is 222 g/mol. The average molecular weight is 222 g/mol. The Bertz CT molecular complexity index is 327. The van der Waals surface area contributed by atoms with Crippen molar-refractivity contribution >= 4 is 11.3 Å². The number of hydrogen-bond donors (Lipinski definition) is 1. The van der Waals surface area contributed by atoms with Crippen LogP contribution in [0.5, 0.6) is 0 Å². The van der Waals surface area contributed by atoms with Gasteiger partial charge in [-0.3, -0.25) is 5.32 Å². The lowest BCUT2D eigenvalue weighted by Gasteiger charge is -2.30. The fourth-order valence-electron chi connectivity index (χ4n) is 1.99. The summed E-state index contributed by atoms with van der Waals surface area (Å²) in [7, 11) is 0. The summed E-state index contributed by atoms with van der Waals surface area (Å²) >= 11 is 1.72. The van der Waals surface area contributed by atoms with Gasteiger partial charge in [-0.1, -0.05) is 12.2 Å². The van der Waals surface area contributed by atoms with Gasteiger partial charge in [0.1, 0.15) is 5.01 Å². The van der Waals surface area contributed by atoms with Gasteiger partial charge in [-0.15, -0.1) is 11.3 Å². The number of hydrogen-bond acceptors (Lipinski definition) is 3. The quantitative estimate of drug-likeness (QED) is 0.795. The van der Waals surface area contributed by atoms with Crippen molar-refractivity contribution in [3.63, 3.8) is 0 Å². The van der Waals surface area contributed by atoms with Gasteiger partial charge >= 0.3 is 0 Å². The van der Waals surface area contributed by atoms with Crippen LogP contribution in [-0.4, -0.2) is 11.0 Å². The minimum atomic E-state index is -0.0134. The molecule has 0 aliphatic heterocycles. The molecule has 0 bridgehead atoms. The Morgan fingerprint density at radius 1 is 1.53 bits per heavy atom. The molecule has 1 heterocycles. The maximum Gasteiger partial charge on any atom is 0.112 e. The second-order valence-corrected chi connectivity index (χ2v) is 5.47. The Labute approximate surface area is 95.4 Å². The number of rotatable bonds is 3. The maximum atomic E-state index is 4.39. The topological polar surface area (TPSA) is 24.9 Å². The van der Waals surface area contributed by atoms with Crippen LogP contribution in [0.15, 0.2) is 23.7 Å². The van der Waals surface area contributed by atoms with Crippen molar-refractivity contribution in [1.82, 2.24) is 10.3 Å². The SMILES string of the molecule is CC(C)(NC1C=CCCC1)c1nccs1. The molecule has 2 nitrogen and oxygen atoms in total. The van der Waals surface area contributed by atoms with E-state index in [1.54, 1.807) is 11.3 Å². The smallest absolute Gasteiger partial charge is 0.112 e. The molecule has 2 rings (SSSR count). The molecule has 1 atom stereocenters. The molecule has 0 radical (unpaired) electrons. The first kappa shape index (κ1) is 10.8. The van der Waals surface area contributed by atoms with Gasteiger partial charge in [0.2, 0.25) is 0 Å². The molecule has 82 valence electrons. The Balaban J connectivity index is 2.03. The predicted molar refractivity (Wildman–Crippen MR) is 65.1 cm³/mol. The van der Waals surface area contributed by atoms with Gasteiger partial charge in [-0.05, 0) is 33.1 Å². The van der Waals surface area contributed by atoms with Gasteiger partial charge in [0.15, 0.2) is 0 Å². The largest absolute Gasteiger partial charge is 0.300 e. The molecule has 15 heavy (non-hydrogen) atoms. The standard InChI is InChI=1S/C12H18N2S/c1-12(2,11-13-8-9-15-11)14-10-6-4-3-5-7-10/h4,6,8-10,14H,3,5,7H2,1-2H3. The van der Waals surface area contributed by atoms with Crippen molar-refractivity contribution in [1.29, 1.82) is 0 Å².